The second-order valence-corrected chi connectivity index (χ2v) is 16.9. The van der Waals surface area contributed by atoms with Crippen LogP contribution in [-0.4, -0.2) is 74.3 Å². The van der Waals surface area contributed by atoms with Gasteiger partial charge in [0.05, 0.1) is 19.6 Å². The number of carbonyl (C=O) groups is 2. The number of nitrogens with zero attached hydrogens (tertiary/aromatic N) is 2. The molecular weight excluding hydrogens is 737 g/mol. The van der Waals surface area contributed by atoms with Crippen molar-refractivity contribution in [2.45, 2.75) is 214 Å². The molecule has 0 spiro atoms. The zero-order valence-corrected chi connectivity index (χ0v) is 39.1. The fourth-order valence-corrected chi connectivity index (χ4v) is 7.24. The van der Waals surface area contributed by atoms with E-state index in [1.165, 1.54) is 95.6 Å². The smallest absolute Gasteiger partial charge is 0.305 e. The summed E-state index contributed by atoms with van der Waals surface area (Å²) in [6.07, 6.45) is 40.2. The number of aryl methyl sites for hydroxylation is 2. The third kappa shape index (κ3) is 34.9. The summed E-state index contributed by atoms with van der Waals surface area (Å²) in [5.41, 5.74) is 1.26. The Morgan fingerprint density at radius 3 is 1.73 bits per heavy atom. The van der Waals surface area contributed by atoms with Crippen LogP contribution in [0.2, 0.25) is 0 Å². The van der Waals surface area contributed by atoms with E-state index in [0.717, 1.165) is 77.3 Å². The SMILES string of the molecule is CCCCC/C=C\C/C=C\CCCCCCCC(=O)OCC(COC(=O)CCC(OCCCCCCCC)OCCCCCCCC)CN(C)CCCn1cccc1C. The number of ether oxygens (including phenoxy) is 4. The summed E-state index contributed by atoms with van der Waals surface area (Å²) in [5.74, 6) is -0.520. The van der Waals surface area contributed by atoms with Gasteiger partial charge in [-0.3, -0.25) is 9.59 Å². The van der Waals surface area contributed by atoms with Crippen LogP contribution in [0.3, 0.4) is 0 Å². The third-order valence-corrected chi connectivity index (χ3v) is 11.0. The van der Waals surface area contributed by atoms with E-state index in [0.29, 0.717) is 32.6 Å². The minimum atomic E-state index is -0.394. The number of allylic oxidation sites excluding steroid dienone is 4. The number of hydrogen-bond acceptors (Lipinski definition) is 7. The van der Waals surface area contributed by atoms with Gasteiger partial charge >= 0.3 is 11.9 Å². The maximum atomic E-state index is 13.1. The number of carbonyl (C=O) groups excluding carboxylic acids is 2. The normalized spacial score (nSPS) is 12.5. The Bertz CT molecular complexity index is 1130. The Kier molecular flexibility index (Phi) is 37.9. The first-order valence-electron chi connectivity index (χ1n) is 24.5. The van der Waals surface area contributed by atoms with Crippen molar-refractivity contribution >= 4 is 11.9 Å². The third-order valence-electron chi connectivity index (χ3n) is 11.0. The summed E-state index contributed by atoms with van der Waals surface area (Å²) in [5, 5.41) is 0. The molecule has 0 saturated heterocycles. The van der Waals surface area contributed by atoms with Crippen LogP contribution in [0.15, 0.2) is 42.6 Å². The van der Waals surface area contributed by atoms with Gasteiger partial charge in [-0.05, 0) is 90.4 Å². The number of esters is 2. The first-order valence-corrected chi connectivity index (χ1v) is 24.5. The largest absolute Gasteiger partial charge is 0.465 e. The molecule has 0 fully saturated rings. The molecule has 8 heteroatoms. The second-order valence-electron chi connectivity index (χ2n) is 16.9. The Labute approximate surface area is 363 Å². The first-order chi connectivity index (χ1) is 28.9. The lowest BCUT2D eigenvalue weighted by Gasteiger charge is -2.24. The van der Waals surface area contributed by atoms with E-state index in [9.17, 15) is 9.59 Å². The fraction of sp³-hybridized carbons (Fsp3) is 0.804. The highest BCUT2D eigenvalue weighted by Gasteiger charge is 2.19. The molecule has 0 radical (unpaired) electrons. The van der Waals surface area contributed by atoms with Gasteiger partial charge in [0, 0.05) is 57.0 Å². The predicted octanol–water partition coefficient (Wildman–Crippen LogP) is 13.5. The van der Waals surface area contributed by atoms with Crippen molar-refractivity contribution in [2.24, 2.45) is 5.92 Å². The lowest BCUT2D eigenvalue weighted by Crippen LogP contribution is -2.33. The summed E-state index contributed by atoms with van der Waals surface area (Å²) in [6.45, 7) is 13.2. The Morgan fingerprint density at radius 2 is 1.15 bits per heavy atom. The minimum Gasteiger partial charge on any atom is -0.465 e. The van der Waals surface area contributed by atoms with Crippen LogP contribution in [0, 0.1) is 12.8 Å². The van der Waals surface area contributed by atoms with E-state index in [1.807, 2.05) is 0 Å². The fourth-order valence-electron chi connectivity index (χ4n) is 7.24. The van der Waals surface area contributed by atoms with Crippen LogP contribution in [0.25, 0.3) is 0 Å². The van der Waals surface area contributed by atoms with E-state index in [-0.39, 0.29) is 37.5 Å². The zero-order chi connectivity index (χ0) is 42.9. The zero-order valence-electron chi connectivity index (χ0n) is 39.1. The molecule has 1 aromatic rings. The van der Waals surface area contributed by atoms with Crippen LogP contribution in [0.5, 0.6) is 0 Å². The monoisotopic (exact) mass is 829 g/mol. The van der Waals surface area contributed by atoms with Crippen LogP contribution in [0.1, 0.15) is 200 Å². The van der Waals surface area contributed by atoms with Gasteiger partial charge in [0.1, 0.15) is 0 Å². The molecule has 0 aliphatic heterocycles. The molecule has 1 heterocycles. The molecule has 1 unspecified atom stereocenters. The summed E-state index contributed by atoms with van der Waals surface area (Å²) in [7, 11) is 2.09. The summed E-state index contributed by atoms with van der Waals surface area (Å²) in [6, 6.07) is 4.21. The summed E-state index contributed by atoms with van der Waals surface area (Å²) in [4.78, 5) is 28.1. The number of rotatable bonds is 43. The van der Waals surface area contributed by atoms with Gasteiger partial charge in [0.15, 0.2) is 6.29 Å². The lowest BCUT2D eigenvalue weighted by atomic mass is 10.1. The van der Waals surface area contributed by atoms with Gasteiger partial charge in [-0.15, -0.1) is 0 Å². The van der Waals surface area contributed by atoms with Gasteiger partial charge in [-0.1, -0.05) is 141 Å². The van der Waals surface area contributed by atoms with Gasteiger partial charge in [0.25, 0.3) is 0 Å². The highest BCUT2D eigenvalue weighted by atomic mass is 16.7. The van der Waals surface area contributed by atoms with Crippen molar-refractivity contribution in [2.75, 3.05) is 46.6 Å². The van der Waals surface area contributed by atoms with Crippen molar-refractivity contribution in [1.29, 1.82) is 0 Å². The van der Waals surface area contributed by atoms with Crippen LogP contribution < -0.4 is 0 Å². The average Bonchev–Trinajstić information content (AvgIpc) is 3.64. The molecule has 342 valence electrons. The molecule has 0 aromatic carbocycles. The van der Waals surface area contributed by atoms with E-state index < -0.39 is 6.29 Å². The van der Waals surface area contributed by atoms with E-state index in [2.05, 4.69) is 86.8 Å². The number of unbranched alkanes of at least 4 members (excludes halogenated alkanes) is 18. The van der Waals surface area contributed by atoms with Crippen LogP contribution in [-0.2, 0) is 35.1 Å². The molecular formula is C51H92N2O6. The standard InChI is InChI=1S/C51H92N2O6/c1-6-9-12-15-18-19-20-21-22-23-24-25-26-27-30-36-49(54)58-45-48(44-52(5)39-34-41-53-40-33-35-47(53)4)46-59-50(55)37-38-51(56-42-31-28-16-13-10-7-2)57-43-32-29-17-14-11-8-3/h18-19,21-22,33,35,40,48,51H,6-17,20,23-32,34,36-39,41-46H2,1-5H3/b19-18-,22-21-. The molecule has 59 heavy (non-hydrogen) atoms. The van der Waals surface area contributed by atoms with Gasteiger partial charge in [-0.25, -0.2) is 0 Å². The van der Waals surface area contributed by atoms with Crippen molar-refractivity contribution in [3.05, 3.63) is 48.3 Å². The first kappa shape index (κ1) is 54.6. The Morgan fingerprint density at radius 1 is 0.644 bits per heavy atom. The van der Waals surface area contributed by atoms with Crippen LogP contribution >= 0.6 is 0 Å². The van der Waals surface area contributed by atoms with Crippen molar-refractivity contribution in [1.82, 2.24) is 9.47 Å². The molecule has 0 amide bonds. The molecule has 1 aromatic heterocycles. The number of aromatic nitrogens is 1. The Hall–Kier alpha value is -2.42. The molecule has 1 rings (SSSR count). The van der Waals surface area contributed by atoms with Crippen LogP contribution in [0.4, 0.5) is 0 Å². The summed E-state index contributed by atoms with van der Waals surface area (Å²) >= 11 is 0. The molecule has 1 atom stereocenters. The van der Waals surface area contributed by atoms with Gasteiger partial charge < -0.3 is 28.4 Å². The Balaban J connectivity index is 2.52. The molecule has 0 N–H and O–H groups in total. The maximum Gasteiger partial charge on any atom is 0.305 e. The van der Waals surface area contributed by atoms with E-state index in [4.69, 9.17) is 18.9 Å². The molecule has 0 bridgehead atoms. The molecule has 0 aliphatic rings. The topological polar surface area (TPSA) is 79.2 Å². The second kappa shape index (κ2) is 41.0. The summed E-state index contributed by atoms with van der Waals surface area (Å²) < 4.78 is 26.2. The number of hydrogen-bond donors (Lipinski definition) is 0. The van der Waals surface area contributed by atoms with E-state index >= 15 is 0 Å². The van der Waals surface area contributed by atoms with Crippen molar-refractivity contribution < 1.29 is 28.5 Å². The van der Waals surface area contributed by atoms with Crippen molar-refractivity contribution in [3.8, 4) is 0 Å². The molecule has 8 nitrogen and oxygen atoms in total. The quantitative estimate of drug-likeness (QED) is 0.0281. The lowest BCUT2D eigenvalue weighted by molar-refractivity contribution is -0.161. The minimum absolute atomic E-state index is 0.102. The average molecular weight is 829 g/mol. The highest BCUT2D eigenvalue weighted by molar-refractivity contribution is 5.69. The molecule has 0 saturated carbocycles. The molecule has 0 aliphatic carbocycles. The van der Waals surface area contributed by atoms with Gasteiger partial charge in [0.2, 0.25) is 0 Å². The maximum absolute atomic E-state index is 13.1. The van der Waals surface area contributed by atoms with E-state index in [1.54, 1.807) is 0 Å². The van der Waals surface area contributed by atoms with Gasteiger partial charge in [-0.2, -0.15) is 0 Å². The van der Waals surface area contributed by atoms with Crippen molar-refractivity contribution in [3.63, 3.8) is 0 Å². The highest BCUT2D eigenvalue weighted by Crippen LogP contribution is 2.14. The predicted molar refractivity (Wildman–Crippen MR) is 248 cm³/mol.